The van der Waals surface area contributed by atoms with Crippen molar-refractivity contribution in [3.8, 4) is 0 Å². The van der Waals surface area contributed by atoms with E-state index in [1.807, 2.05) is 18.2 Å². The van der Waals surface area contributed by atoms with E-state index in [1.54, 1.807) is 6.20 Å². The highest BCUT2D eigenvalue weighted by atomic mass is 16.1. The summed E-state index contributed by atoms with van der Waals surface area (Å²) in [7, 11) is 0. The Morgan fingerprint density at radius 1 is 0.778 bits per heavy atom. The van der Waals surface area contributed by atoms with E-state index in [4.69, 9.17) is 0 Å². The lowest BCUT2D eigenvalue weighted by Crippen LogP contribution is -2.22. The minimum absolute atomic E-state index is 0.148. The minimum atomic E-state index is 0.148. The summed E-state index contributed by atoms with van der Waals surface area (Å²) in [6.45, 7) is 2.82. The van der Waals surface area contributed by atoms with Gasteiger partial charge in [-0.3, -0.25) is 9.78 Å². The van der Waals surface area contributed by atoms with Gasteiger partial charge in [-0.2, -0.15) is 0 Å². The molecule has 1 rings (SSSR count). The Labute approximate surface area is 167 Å². The van der Waals surface area contributed by atoms with Crippen LogP contribution in [0, 0.1) is 0 Å². The average molecular weight is 375 g/mol. The number of carbonyl (C=O) groups excluding carboxylic acids is 1. The fourth-order valence-electron chi connectivity index (χ4n) is 3.44. The lowest BCUT2D eigenvalue weighted by Gasteiger charge is -2.05. The molecule has 0 spiro atoms. The van der Waals surface area contributed by atoms with Gasteiger partial charge < -0.3 is 5.32 Å². The molecule has 3 nitrogen and oxygen atoms in total. The molecule has 0 fully saturated rings. The zero-order valence-electron chi connectivity index (χ0n) is 17.7. The molecule has 1 N–H and O–H groups in total. The number of hydrogen-bond acceptors (Lipinski definition) is 2. The third-order valence-electron chi connectivity index (χ3n) is 5.20. The molecule has 0 unspecified atom stereocenters. The van der Waals surface area contributed by atoms with Gasteiger partial charge in [0.1, 0.15) is 0 Å². The van der Waals surface area contributed by atoms with Crippen molar-refractivity contribution in [2.45, 2.75) is 116 Å². The standard InChI is InChI=1S/C24H42N2O/c1-2-3-4-5-6-7-8-9-10-11-12-13-14-15-16-20-24(27)26-22-23-19-17-18-21-25-23/h17-19,21H,2-16,20,22H2,1H3,(H,26,27). The topological polar surface area (TPSA) is 42.0 Å². The summed E-state index contributed by atoms with van der Waals surface area (Å²) in [5.74, 6) is 0.148. The molecule has 1 amide bonds. The van der Waals surface area contributed by atoms with Crippen LogP contribution >= 0.6 is 0 Å². The van der Waals surface area contributed by atoms with Gasteiger partial charge in [0.15, 0.2) is 0 Å². The van der Waals surface area contributed by atoms with Crippen molar-refractivity contribution in [3.63, 3.8) is 0 Å². The Kier molecular flexibility index (Phi) is 15.8. The molecule has 1 heterocycles. The van der Waals surface area contributed by atoms with Crippen molar-refractivity contribution >= 4 is 5.91 Å². The molecule has 0 saturated carbocycles. The minimum Gasteiger partial charge on any atom is -0.350 e. The first-order valence-electron chi connectivity index (χ1n) is 11.5. The highest BCUT2D eigenvalue weighted by Gasteiger charge is 2.01. The van der Waals surface area contributed by atoms with Crippen LogP contribution in [0.15, 0.2) is 24.4 Å². The highest BCUT2D eigenvalue weighted by molar-refractivity contribution is 5.75. The van der Waals surface area contributed by atoms with E-state index >= 15 is 0 Å². The van der Waals surface area contributed by atoms with Gasteiger partial charge in [0.25, 0.3) is 0 Å². The number of rotatable bonds is 18. The van der Waals surface area contributed by atoms with Crippen LogP contribution in [-0.2, 0) is 11.3 Å². The zero-order chi connectivity index (χ0) is 19.4. The Hall–Kier alpha value is -1.38. The van der Waals surface area contributed by atoms with Crippen LogP contribution in [-0.4, -0.2) is 10.9 Å². The smallest absolute Gasteiger partial charge is 0.220 e. The monoisotopic (exact) mass is 374 g/mol. The highest BCUT2D eigenvalue weighted by Crippen LogP contribution is 2.13. The van der Waals surface area contributed by atoms with E-state index in [0.717, 1.165) is 12.1 Å². The molecule has 0 radical (unpaired) electrons. The number of nitrogens with one attached hydrogen (secondary N) is 1. The van der Waals surface area contributed by atoms with Crippen molar-refractivity contribution in [2.75, 3.05) is 0 Å². The van der Waals surface area contributed by atoms with Crippen LogP contribution < -0.4 is 5.32 Å². The summed E-state index contributed by atoms with van der Waals surface area (Å²) in [6.07, 6.45) is 22.7. The maximum absolute atomic E-state index is 11.8. The molecule has 3 heteroatoms. The number of unbranched alkanes of at least 4 members (excludes halogenated alkanes) is 14. The van der Waals surface area contributed by atoms with Crippen LogP contribution in [0.3, 0.4) is 0 Å². The molecule has 0 aliphatic rings. The number of nitrogens with zero attached hydrogens (tertiary/aromatic N) is 1. The molecule has 1 aromatic rings. The normalized spacial score (nSPS) is 10.9. The zero-order valence-corrected chi connectivity index (χ0v) is 17.7. The fourth-order valence-corrected chi connectivity index (χ4v) is 3.44. The number of carbonyl (C=O) groups is 1. The Bertz CT molecular complexity index is 447. The molecule has 0 saturated heterocycles. The first-order chi connectivity index (χ1) is 13.3. The second-order valence-corrected chi connectivity index (χ2v) is 7.80. The van der Waals surface area contributed by atoms with Crippen molar-refractivity contribution in [2.24, 2.45) is 0 Å². The number of pyridine rings is 1. The predicted molar refractivity (Wildman–Crippen MR) is 116 cm³/mol. The number of hydrogen-bond donors (Lipinski definition) is 1. The quantitative estimate of drug-likeness (QED) is 0.282. The van der Waals surface area contributed by atoms with Crippen LogP contribution in [0.5, 0.6) is 0 Å². The summed E-state index contributed by atoms with van der Waals surface area (Å²) in [6, 6.07) is 5.78. The lowest BCUT2D eigenvalue weighted by molar-refractivity contribution is -0.121. The van der Waals surface area contributed by atoms with Gasteiger partial charge in [0, 0.05) is 12.6 Å². The molecule has 0 aromatic carbocycles. The van der Waals surface area contributed by atoms with E-state index < -0.39 is 0 Å². The predicted octanol–water partition coefficient (Wildman–Crippen LogP) is 6.96. The van der Waals surface area contributed by atoms with Gasteiger partial charge in [-0.25, -0.2) is 0 Å². The first kappa shape index (κ1) is 23.7. The second kappa shape index (κ2) is 18.0. The van der Waals surface area contributed by atoms with E-state index in [2.05, 4.69) is 17.2 Å². The van der Waals surface area contributed by atoms with E-state index in [1.165, 1.54) is 89.9 Å². The largest absolute Gasteiger partial charge is 0.350 e. The van der Waals surface area contributed by atoms with Crippen molar-refractivity contribution < 1.29 is 4.79 Å². The summed E-state index contributed by atoms with van der Waals surface area (Å²) < 4.78 is 0. The van der Waals surface area contributed by atoms with Crippen molar-refractivity contribution in [3.05, 3.63) is 30.1 Å². The number of amides is 1. The van der Waals surface area contributed by atoms with Gasteiger partial charge in [-0.05, 0) is 18.6 Å². The molecule has 0 aliphatic heterocycles. The SMILES string of the molecule is CCCCCCCCCCCCCCCCCC(=O)NCc1ccccn1. The maximum Gasteiger partial charge on any atom is 0.220 e. The fraction of sp³-hybridized carbons (Fsp3) is 0.750. The van der Waals surface area contributed by atoms with Crippen molar-refractivity contribution in [1.82, 2.24) is 10.3 Å². The van der Waals surface area contributed by atoms with E-state index in [-0.39, 0.29) is 5.91 Å². The summed E-state index contributed by atoms with van der Waals surface area (Å²) >= 11 is 0. The van der Waals surface area contributed by atoms with Gasteiger partial charge >= 0.3 is 0 Å². The van der Waals surface area contributed by atoms with Gasteiger partial charge in [0.2, 0.25) is 5.91 Å². The van der Waals surface area contributed by atoms with Gasteiger partial charge in [-0.15, -0.1) is 0 Å². The second-order valence-electron chi connectivity index (χ2n) is 7.80. The van der Waals surface area contributed by atoms with Crippen LogP contribution in [0.2, 0.25) is 0 Å². The molecule has 0 aliphatic carbocycles. The summed E-state index contributed by atoms with van der Waals surface area (Å²) in [4.78, 5) is 16.0. The molecule has 154 valence electrons. The molecular weight excluding hydrogens is 332 g/mol. The van der Waals surface area contributed by atoms with Crippen LogP contribution in [0.1, 0.15) is 115 Å². The molecule has 1 aromatic heterocycles. The lowest BCUT2D eigenvalue weighted by atomic mass is 10.0. The first-order valence-corrected chi connectivity index (χ1v) is 11.5. The van der Waals surface area contributed by atoms with E-state index in [0.29, 0.717) is 13.0 Å². The Morgan fingerprint density at radius 2 is 1.30 bits per heavy atom. The summed E-state index contributed by atoms with van der Waals surface area (Å²) in [5, 5.41) is 2.95. The molecular formula is C24H42N2O. The Morgan fingerprint density at radius 3 is 1.78 bits per heavy atom. The average Bonchev–Trinajstić information content (AvgIpc) is 2.70. The van der Waals surface area contributed by atoms with Crippen LogP contribution in [0.4, 0.5) is 0 Å². The van der Waals surface area contributed by atoms with Gasteiger partial charge in [0.05, 0.1) is 12.2 Å². The maximum atomic E-state index is 11.8. The number of aromatic nitrogens is 1. The van der Waals surface area contributed by atoms with E-state index in [9.17, 15) is 4.79 Å². The van der Waals surface area contributed by atoms with Crippen LogP contribution in [0.25, 0.3) is 0 Å². The molecule has 0 bridgehead atoms. The Balaban J connectivity index is 1.77. The van der Waals surface area contributed by atoms with Gasteiger partial charge in [-0.1, -0.05) is 103 Å². The summed E-state index contributed by atoms with van der Waals surface area (Å²) in [5.41, 5.74) is 0.919. The molecule has 27 heavy (non-hydrogen) atoms. The third kappa shape index (κ3) is 15.4. The third-order valence-corrected chi connectivity index (χ3v) is 5.20. The molecule has 0 atom stereocenters. The van der Waals surface area contributed by atoms with Crippen molar-refractivity contribution in [1.29, 1.82) is 0 Å².